The minimum absolute atomic E-state index is 1.37. The van der Waals surface area contributed by atoms with Crippen LogP contribution in [0.1, 0.15) is 0 Å². The molecule has 0 bridgehead atoms. The third kappa shape index (κ3) is 0.992. The van der Waals surface area contributed by atoms with E-state index in [4.69, 9.17) is 0 Å². The van der Waals surface area contributed by atoms with Gasteiger partial charge in [-0.2, -0.15) is 0 Å². The molecule has 2 N–H and O–H groups in total. The molecule has 0 spiro atoms. The van der Waals surface area contributed by atoms with Crippen molar-refractivity contribution >= 4 is 5.69 Å². The fraction of sp³-hybridized carbons (Fsp3) is 0. The van der Waals surface area contributed by atoms with Gasteiger partial charge in [-0.05, 0) is 0 Å². The Kier molecular flexibility index (Phi) is 1.91. The highest BCUT2D eigenvalue weighted by molar-refractivity contribution is 5.42. The lowest BCUT2D eigenvalue weighted by molar-refractivity contribution is 0.382. The van der Waals surface area contributed by atoms with E-state index in [1.54, 1.807) is 0 Å². The number of hydrogen-bond donors (Lipinski definition) is 1. The van der Waals surface area contributed by atoms with Gasteiger partial charge in [-0.15, -0.1) is 0 Å². The third-order valence-electron chi connectivity index (χ3n) is 1.24. The van der Waals surface area contributed by atoms with Crippen LogP contribution in [0.5, 0.6) is 0 Å². The van der Waals surface area contributed by atoms with Gasteiger partial charge in [-0.3, -0.25) is 0 Å². The molecule has 0 atom stereocenters. The number of rotatable bonds is 0. The van der Waals surface area contributed by atoms with Crippen LogP contribution in [0.15, 0.2) is 0 Å². The van der Waals surface area contributed by atoms with E-state index in [9.17, 15) is 22.0 Å². The zero-order valence-corrected chi connectivity index (χ0v) is 5.47. The Balaban J connectivity index is 3.60. The summed E-state index contributed by atoms with van der Waals surface area (Å²) in [6.45, 7) is 0. The maximum Gasteiger partial charge on any atom is 0.200 e. The van der Waals surface area contributed by atoms with Crippen molar-refractivity contribution in [2.75, 3.05) is 5.73 Å². The smallest absolute Gasteiger partial charge is 0.200 e. The monoisotopic (exact) mass is 183 g/mol. The van der Waals surface area contributed by atoms with Crippen LogP contribution in [-0.2, 0) is 0 Å². The van der Waals surface area contributed by atoms with Crippen molar-refractivity contribution in [1.82, 2.24) is 0 Å². The molecule has 0 radical (unpaired) electrons. The average Bonchev–Trinajstić information content (AvgIpc) is 2.08. The van der Waals surface area contributed by atoms with Crippen LogP contribution in [0.3, 0.4) is 0 Å². The number of nitrogen functional groups attached to an aromatic ring is 1. The molecule has 1 aromatic carbocycles. The first kappa shape index (κ1) is 8.76. The minimum atomic E-state index is -2.21. The van der Waals surface area contributed by atoms with Crippen LogP contribution in [0.4, 0.5) is 27.6 Å². The first-order chi connectivity index (χ1) is 5.46. The molecule has 0 saturated carbocycles. The molecule has 0 saturated heterocycles. The molecule has 0 amide bonds. The third-order valence-corrected chi connectivity index (χ3v) is 1.24. The lowest BCUT2D eigenvalue weighted by Crippen LogP contribution is -2.05. The normalized spacial score (nSPS) is 10.4. The number of hydrogen-bond acceptors (Lipinski definition) is 1. The van der Waals surface area contributed by atoms with E-state index in [1.165, 1.54) is 0 Å². The summed E-state index contributed by atoms with van der Waals surface area (Å²) in [5.74, 6) is -10.3. The second-order valence-electron chi connectivity index (χ2n) is 1.98. The molecule has 0 aliphatic carbocycles. The molecule has 0 fully saturated rings. The summed E-state index contributed by atoms with van der Waals surface area (Å²) in [7, 11) is 0. The quantitative estimate of drug-likeness (QED) is 0.283. The minimum Gasteiger partial charge on any atom is -0.394 e. The summed E-state index contributed by atoms with van der Waals surface area (Å²) in [4.78, 5) is 0. The Hall–Kier alpha value is -1.33. The number of nitrogens with two attached hydrogens (primary N) is 1. The fourth-order valence-electron chi connectivity index (χ4n) is 0.622. The van der Waals surface area contributed by atoms with Gasteiger partial charge in [0.2, 0.25) is 5.82 Å². The zero-order chi connectivity index (χ0) is 9.46. The van der Waals surface area contributed by atoms with Gasteiger partial charge in [0.1, 0.15) is 5.69 Å². The van der Waals surface area contributed by atoms with E-state index in [-0.39, 0.29) is 0 Å². The lowest BCUT2D eigenvalue weighted by atomic mass is 10.2. The molecule has 6 heteroatoms. The van der Waals surface area contributed by atoms with Gasteiger partial charge in [0.05, 0.1) is 0 Å². The van der Waals surface area contributed by atoms with Crippen molar-refractivity contribution in [1.29, 1.82) is 0 Å². The van der Waals surface area contributed by atoms with Gasteiger partial charge in [0.15, 0.2) is 23.3 Å². The van der Waals surface area contributed by atoms with E-state index in [0.717, 1.165) is 0 Å². The summed E-state index contributed by atoms with van der Waals surface area (Å²) in [6.07, 6.45) is 0. The van der Waals surface area contributed by atoms with Crippen molar-refractivity contribution in [3.63, 3.8) is 0 Å². The molecule has 0 aliphatic heterocycles. The Morgan fingerprint density at radius 3 is 1.17 bits per heavy atom. The molecule has 0 aromatic heterocycles. The SMILES string of the molecule is Nc1c(F)c(F)c(F)c(F)c1F. The molecule has 0 aliphatic rings. The van der Waals surface area contributed by atoms with Crippen LogP contribution in [0, 0.1) is 29.1 Å². The van der Waals surface area contributed by atoms with Crippen molar-refractivity contribution in [2.24, 2.45) is 0 Å². The van der Waals surface area contributed by atoms with E-state index in [0.29, 0.717) is 0 Å². The molecule has 1 nitrogen and oxygen atoms in total. The summed E-state index contributed by atoms with van der Waals surface area (Å²) in [5.41, 5.74) is 3.19. The summed E-state index contributed by atoms with van der Waals surface area (Å²) >= 11 is 0. The number of benzene rings is 1. The fourth-order valence-corrected chi connectivity index (χ4v) is 0.622. The number of anilines is 1. The van der Waals surface area contributed by atoms with E-state index < -0.39 is 34.8 Å². The average molecular weight is 183 g/mol. The molecule has 1 aromatic rings. The second-order valence-corrected chi connectivity index (χ2v) is 1.98. The highest BCUT2D eigenvalue weighted by Crippen LogP contribution is 2.23. The predicted molar refractivity (Wildman–Crippen MR) is 30.6 cm³/mol. The Bertz CT molecular complexity index is 230. The molecule has 66 valence electrons. The van der Waals surface area contributed by atoms with Crippen molar-refractivity contribution in [3.8, 4) is 0 Å². The highest BCUT2D eigenvalue weighted by atomic mass is 19.2. The highest BCUT2D eigenvalue weighted by Gasteiger charge is 2.23. The van der Waals surface area contributed by atoms with Crippen molar-refractivity contribution in [2.45, 2.75) is 0 Å². The van der Waals surface area contributed by atoms with Crippen molar-refractivity contribution < 1.29 is 22.0 Å². The summed E-state index contributed by atoms with van der Waals surface area (Å²) < 4.78 is 61.1. The van der Waals surface area contributed by atoms with Crippen LogP contribution in [0.2, 0.25) is 0 Å². The molecule has 0 unspecified atom stereocenters. The lowest BCUT2D eigenvalue weighted by Gasteiger charge is -2.02. The van der Waals surface area contributed by atoms with Gasteiger partial charge in [-0.1, -0.05) is 0 Å². The Labute approximate surface area is 63.6 Å². The maximum absolute atomic E-state index is 12.3. The zero-order valence-electron chi connectivity index (χ0n) is 5.47. The van der Waals surface area contributed by atoms with Crippen LogP contribution in [0.25, 0.3) is 0 Å². The Morgan fingerprint density at radius 1 is 0.583 bits per heavy atom. The van der Waals surface area contributed by atoms with E-state index >= 15 is 0 Å². The predicted octanol–water partition coefficient (Wildman–Crippen LogP) is 1.96. The van der Waals surface area contributed by atoms with Gasteiger partial charge in [0, 0.05) is 0 Å². The summed E-state index contributed by atoms with van der Waals surface area (Å²) in [6, 6.07) is 0. The molecular formula is C6H2F5N. The Morgan fingerprint density at radius 2 is 0.833 bits per heavy atom. The largest absolute Gasteiger partial charge is 0.394 e. The van der Waals surface area contributed by atoms with Gasteiger partial charge in [-0.25, -0.2) is 22.0 Å². The maximum atomic E-state index is 12.3. The molecule has 0 heterocycles. The van der Waals surface area contributed by atoms with Gasteiger partial charge in [0.25, 0.3) is 0 Å². The molecule has 1 rings (SSSR count). The topological polar surface area (TPSA) is 26.0 Å². The standard InChI is InChI=1S/C6H2F5N/c7-1-2(8)4(10)6(12)5(11)3(1)9/h12H2. The van der Waals surface area contributed by atoms with E-state index in [1.807, 2.05) is 0 Å². The van der Waals surface area contributed by atoms with Gasteiger partial charge < -0.3 is 5.73 Å². The summed E-state index contributed by atoms with van der Waals surface area (Å²) in [5, 5.41) is 0. The van der Waals surface area contributed by atoms with Crippen molar-refractivity contribution in [3.05, 3.63) is 29.1 Å². The van der Waals surface area contributed by atoms with Gasteiger partial charge >= 0.3 is 0 Å². The van der Waals surface area contributed by atoms with Crippen LogP contribution < -0.4 is 5.73 Å². The van der Waals surface area contributed by atoms with E-state index in [2.05, 4.69) is 5.73 Å². The first-order valence-corrected chi connectivity index (χ1v) is 2.73. The second kappa shape index (κ2) is 2.62. The molecule has 12 heavy (non-hydrogen) atoms. The van der Waals surface area contributed by atoms with Crippen LogP contribution >= 0.6 is 0 Å². The molecular weight excluding hydrogens is 181 g/mol. The number of halogens is 5. The first-order valence-electron chi connectivity index (χ1n) is 2.73. The van der Waals surface area contributed by atoms with Crippen LogP contribution in [-0.4, -0.2) is 0 Å².